The Morgan fingerprint density at radius 2 is 2.12 bits per heavy atom. The summed E-state index contributed by atoms with van der Waals surface area (Å²) in [4.78, 5) is 29.7. The average molecular weight is 495 g/mol. The molecule has 1 atom stereocenters. The summed E-state index contributed by atoms with van der Waals surface area (Å²) in [5, 5.41) is 9.27. The molecule has 7 nitrogen and oxygen atoms in total. The number of ketones is 1. The van der Waals surface area contributed by atoms with Crippen molar-refractivity contribution in [2.24, 2.45) is 0 Å². The van der Waals surface area contributed by atoms with Gasteiger partial charge in [0.05, 0.1) is 20.3 Å². The molecule has 0 radical (unpaired) electrons. The van der Waals surface area contributed by atoms with Crippen LogP contribution in [-0.2, 0) is 9.59 Å². The first-order valence-corrected chi connectivity index (χ1v) is 12.3. The fourth-order valence-electron chi connectivity index (χ4n) is 3.98. The lowest BCUT2D eigenvalue weighted by Gasteiger charge is -2.28. The first-order valence-electron chi connectivity index (χ1n) is 11.0. The van der Waals surface area contributed by atoms with E-state index in [2.05, 4.69) is 18.7 Å². The number of aliphatic hydroxyl groups excluding tert-OH is 1. The molecule has 1 aliphatic heterocycles. The van der Waals surface area contributed by atoms with Crippen molar-refractivity contribution >= 4 is 35.1 Å². The summed E-state index contributed by atoms with van der Waals surface area (Å²) < 4.78 is 11.6. The normalized spacial score (nSPS) is 18.2. The zero-order valence-corrected chi connectivity index (χ0v) is 21.0. The molecule has 1 N–H and O–H groups in total. The van der Waals surface area contributed by atoms with Crippen molar-refractivity contribution in [1.82, 2.24) is 9.80 Å². The molecule has 0 saturated heterocycles. The van der Waals surface area contributed by atoms with Crippen molar-refractivity contribution in [3.63, 3.8) is 0 Å². The van der Waals surface area contributed by atoms with Crippen molar-refractivity contribution < 1.29 is 24.2 Å². The van der Waals surface area contributed by atoms with E-state index in [0.29, 0.717) is 46.3 Å². The molecule has 0 fully saturated rings. The van der Waals surface area contributed by atoms with Crippen LogP contribution in [0.1, 0.15) is 44.6 Å². The Morgan fingerprint density at radius 1 is 1.36 bits per heavy atom. The number of ether oxygens (including phenoxy) is 2. The highest BCUT2D eigenvalue weighted by molar-refractivity contribution is 8.03. The van der Waals surface area contributed by atoms with Gasteiger partial charge in [-0.2, -0.15) is 0 Å². The van der Waals surface area contributed by atoms with Crippen LogP contribution in [0.2, 0.25) is 0 Å². The number of carbonyl (C=O) groups excluding carboxylic acids is 2. The maximum atomic E-state index is 12.7. The van der Waals surface area contributed by atoms with Gasteiger partial charge in [0, 0.05) is 48.0 Å². The number of hydrogen-bond donors (Lipinski definition) is 1. The van der Waals surface area contributed by atoms with Gasteiger partial charge >= 0.3 is 0 Å². The molecule has 0 bridgehead atoms. The summed E-state index contributed by atoms with van der Waals surface area (Å²) in [6.45, 7) is 7.68. The fraction of sp³-hybridized carbons (Fsp3) is 0.500. The van der Waals surface area contributed by atoms with E-state index in [4.69, 9.17) is 21.1 Å². The molecule has 2 aliphatic rings. The minimum atomic E-state index is -0.457. The lowest BCUT2D eigenvalue weighted by Crippen LogP contribution is -2.35. The molecule has 1 heterocycles. The molecule has 1 amide bonds. The molecule has 180 valence electrons. The second-order valence-electron chi connectivity index (χ2n) is 8.22. The molecule has 0 saturated carbocycles. The first kappa shape index (κ1) is 25.6. The molecule has 1 aromatic rings. The fourth-order valence-corrected chi connectivity index (χ4v) is 5.72. The molecule has 9 heteroatoms. The largest absolute Gasteiger partial charge is 0.497 e. The van der Waals surface area contributed by atoms with Crippen LogP contribution in [0.4, 0.5) is 0 Å². The summed E-state index contributed by atoms with van der Waals surface area (Å²) in [6.07, 6.45) is 2.64. The van der Waals surface area contributed by atoms with Gasteiger partial charge in [-0.15, -0.1) is 0 Å². The van der Waals surface area contributed by atoms with Crippen LogP contribution >= 0.6 is 23.4 Å². The Bertz CT molecular complexity index is 962. The third-order valence-corrected chi connectivity index (χ3v) is 7.11. The lowest BCUT2D eigenvalue weighted by molar-refractivity contribution is -0.130. The van der Waals surface area contributed by atoms with Gasteiger partial charge in [0.2, 0.25) is 5.91 Å². The zero-order chi connectivity index (χ0) is 24.1. The summed E-state index contributed by atoms with van der Waals surface area (Å²) in [5.41, 5.74) is 1.16. The third kappa shape index (κ3) is 5.93. The summed E-state index contributed by atoms with van der Waals surface area (Å²) in [7, 11) is 1.58. The Hall–Kier alpha value is -2.00. The molecule has 3 rings (SSSR count). The number of Topliss-reactive ketones (excluding diaryl/α,β-unsaturated/α-hetero) is 1. The van der Waals surface area contributed by atoms with E-state index in [1.165, 1.54) is 23.6 Å². The summed E-state index contributed by atoms with van der Waals surface area (Å²) in [6, 6.07) is 5.84. The van der Waals surface area contributed by atoms with Gasteiger partial charge in [-0.1, -0.05) is 23.4 Å². The molecule has 33 heavy (non-hydrogen) atoms. The van der Waals surface area contributed by atoms with Gasteiger partial charge in [-0.05, 0) is 44.5 Å². The minimum Gasteiger partial charge on any atom is -0.497 e. The number of allylic oxidation sites excluding steroid dienone is 3. The van der Waals surface area contributed by atoms with Gasteiger partial charge in [-0.3, -0.25) is 19.4 Å². The standard InChI is InChI=1S/C24H31ClN2O5S/c1-15(2)26(9-10-28)8-5-11-32-21-7-6-18(31-4)14-19(21)24-27(16(3)29)23-20(30)12-17(25)13-22(23)33-24/h6-7,13-15,24,28H,5,8-12H2,1-4H3. The molecule has 1 aliphatic carbocycles. The van der Waals surface area contributed by atoms with Gasteiger partial charge in [0.1, 0.15) is 22.6 Å². The third-order valence-electron chi connectivity index (χ3n) is 5.62. The van der Waals surface area contributed by atoms with Gasteiger partial charge < -0.3 is 14.6 Å². The number of amides is 1. The predicted octanol–water partition coefficient (Wildman–Crippen LogP) is 4.07. The number of halogens is 1. The van der Waals surface area contributed by atoms with E-state index in [1.807, 2.05) is 18.2 Å². The van der Waals surface area contributed by atoms with Crippen LogP contribution in [0.5, 0.6) is 11.5 Å². The number of benzene rings is 1. The second-order valence-corrected chi connectivity index (χ2v) is 9.83. The van der Waals surface area contributed by atoms with E-state index in [0.717, 1.165) is 18.5 Å². The van der Waals surface area contributed by atoms with Crippen molar-refractivity contribution in [2.75, 3.05) is 33.4 Å². The zero-order valence-electron chi connectivity index (χ0n) is 19.5. The number of rotatable bonds is 10. The van der Waals surface area contributed by atoms with E-state index in [-0.39, 0.29) is 24.7 Å². The molecule has 1 unspecified atom stereocenters. The number of methoxy groups -OCH3 is 1. The Morgan fingerprint density at radius 3 is 2.76 bits per heavy atom. The van der Waals surface area contributed by atoms with Crippen molar-refractivity contribution in [2.45, 2.75) is 45.0 Å². The van der Waals surface area contributed by atoms with Crippen LogP contribution < -0.4 is 9.47 Å². The molecule has 1 aromatic carbocycles. The molecular formula is C24H31ClN2O5S. The summed E-state index contributed by atoms with van der Waals surface area (Å²) in [5.74, 6) is 0.897. The highest BCUT2D eigenvalue weighted by atomic mass is 35.5. The SMILES string of the molecule is COc1ccc(OCCCN(CCO)C(C)C)c(C2SC3=C(C(=O)CC(Cl)=C3)N2C(C)=O)c1. The second kappa shape index (κ2) is 11.4. The maximum Gasteiger partial charge on any atom is 0.225 e. The van der Waals surface area contributed by atoms with Crippen LogP contribution in [0.3, 0.4) is 0 Å². The lowest BCUT2D eigenvalue weighted by atomic mass is 10.1. The van der Waals surface area contributed by atoms with Crippen LogP contribution in [0.15, 0.2) is 39.9 Å². The number of carbonyl (C=O) groups is 2. The first-order chi connectivity index (χ1) is 15.8. The predicted molar refractivity (Wildman–Crippen MR) is 130 cm³/mol. The van der Waals surface area contributed by atoms with Crippen molar-refractivity contribution in [1.29, 1.82) is 0 Å². The Labute approximate surface area is 204 Å². The minimum absolute atomic E-state index is 0.0963. The molecule has 0 aromatic heterocycles. The van der Waals surface area contributed by atoms with Crippen LogP contribution in [0.25, 0.3) is 0 Å². The number of nitrogens with zero attached hydrogens (tertiary/aromatic N) is 2. The smallest absolute Gasteiger partial charge is 0.225 e. The van der Waals surface area contributed by atoms with Gasteiger partial charge in [-0.25, -0.2) is 0 Å². The van der Waals surface area contributed by atoms with Crippen LogP contribution in [-0.4, -0.2) is 66.1 Å². The average Bonchev–Trinajstić information content (AvgIpc) is 3.15. The van der Waals surface area contributed by atoms with E-state index >= 15 is 0 Å². The number of aliphatic hydroxyl groups is 1. The van der Waals surface area contributed by atoms with Crippen molar-refractivity contribution in [3.8, 4) is 11.5 Å². The van der Waals surface area contributed by atoms with Gasteiger partial charge in [0.25, 0.3) is 0 Å². The molecular weight excluding hydrogens is 464 g/mol. The van der Waals surface area contributed by atoms with E-state index in [9.17, 15) is 14.7 Å². The van der Waals surface area contributed by atoms with Crippen molar-refractivity contribution in [3.05, 3.63) is 45.5 Å². The Balaban J connectivity index is 1.82. The topological polar surface area (TPSA) is 79.3 Å². The van der Waals surface area contributed by atoms with Gasteiger partial charge in [0.15, 0.2) is 5.78 Å². The van der Waals surface area contributed by atoms with E-state index in [1.54, 1.807) is 13.2 Å². The van der Waals surface area contributed by atoms with E-state index < -0.39 is 5.37 Å². The monoisotopic (exact) mass is 494 g/mol. The van der Waals surface area contributed by atoms with Crippen LogP contribution in [0, 0.1) is 0 Å². The highest BCUT2D eigenvalue weighted by Crippen LogP contribution is 2.53. The molecule has 0 spiro atoms. The number of hydrogen-bond acceptors (Lipinski definition) is 7. The number of thioether (sulfide) groups is 1. The maximum absolute atomic E-state index is 12.7. The summed E-state index contributed by atoms with van der Waals surface area (Å²) >= 11 is 7.57. The Kier molecular flexibility index (Phi) is 8.87. The quantitative estimate of drug-likeness (QED) is 0.491. The highest BCUT2D eigenvalue weighted by Gasteiger charge is 2.41.